The molecule has 112 valence electrons. The average Bonchev–Trinajstić information content (AvgIpc) is 2.32. The Balaban J connectivity index is 2.40. The molecule has 7 heteroatoms. The largest absolute Gasteiger partial charge is 0.376 e. The summed E-state index contributed by atoms with van der Waals surface area (Å²) in [4.78, 5) is 19.2. The lowest BCUT2D eigenvalue weighted by Crippen LogP contribution is -2.23. The Morgan fingerprint density at radius 3 is 2.29 bits per heavy atom. The predicted molar refractivity (Wildman–Crippen MR) is 95.9 cm³/mol. The van der Waals surface area contributed by atoms with Gasteiger partial charge in [-0.25, -0.2) is 4.98 Å². The molecule has 1 heterocycles. The normalized spacial score (nSPS) is 12.3. The third-order valence-corrected chi connectivity index (χ3v) is 4.77. The zero-order valence-corrected chi connectivity index (χ0v) is 16.5. The van der Waals surface area contributed by atoms with Crippen LogP contribution in [0.15, 0.2) is 30.3 Å². The number of halogens is 3. The molecule has 2 N–H and O–H groups in total. The Hall–Kier alpha value is -0.660. The van der Waals surface area contributed by atoms with Crippen molar-refractivity contribution in [3.8, 4) is 0 Å². The molecule has 0 aliphatic carbocycles. The van der Waals surface area contributed by atoms with Gasteiger partial charge in [-0.05, 0) is 64.8 Å². The van der Waals surface area contributed by atoms with Crippen LogP contribution < -0.4 is 10.9 Å². The second kappa shape index (κ2) is 6.62. The van der Waals surface area contributed by atoms with Crippen LogP contribution in [0.25, 0.3) is 0 Å². The van der Waals surface area contributed by atoms with Gasteiger partial charge in [0, 0.05) is 13.4 Å². The molecule has 21 heavy (non-hydrogen) atoms. The molecule has 0 bridgehead atoms. The SMILES string of the molecule is Cc1nc(C)c(C(C)Nc2c(Br)cc(Br)cc2Br)c(=O)[nH]1. The maximum Gasteiger partial charge on any atom is 0.256 e. The minimum absolute atomic E-state index is 0.107. The van der Waals surface area contributed by atoms with E-state index >= 15 is 0 Å². The number of H-pyrrole nitrogens is 1. The van der Waals surface area contributed by atoms with Crippen molar-refractivity contribution in [2.75, 3.05) is 5.32 Å². The van der Waals surface area contributed by atoms with Crippen molar-refractivity contribution in [3.63, 3.8) is 0 Å². The Kier molecular flexibility index (Phi) is 5.27. The van der Waals surface area contributed by atoms with E-state index in [2.05, 4.69) is 63.1 Å². The van der Waals surface area contributed by atoms with Crippen LogP contribution in [0, 0.1) is 13.8 Å². The van der Waals surface area contributed by atoms with Gasteiger partial charge >= 0.3 is 0 Å². The minimum Gasteiger partial charge on any atom is -0.376 e. The van der Waals surface area contributed by atoms with E-state index in [4.69, 9.17) is 0 Å². The number of aromatic amines is 1. The second-order valence-corrected chi connectivity index (χ2v) is 7.39. The Bertz CT molecular complexity index is 720. The number of hydrogen-bond acceptors (Lipinski definition) is 3. The molecular weight excluding hydrogens is 466 g/mol. The van der Waals surface area contributed by atoms with Gasteiger partial charge in [0.1, 0.15) is 5.82 Å². The average molecular weight is 480 g/mol. The molecule has 0 saturated heterocycles. The fraction of sp³-hybridized carbons (Fsp3) is 0.286. The highest BCUT2D eigenvalue weighted by atomic mass is 79.9. The number of nitrogens with one attached hydrogen (secondary N) is 2. The summed E-state index contributed by atoms with van der Waals surface area (Å²) in [5.41, 5.74) is 2.16. The first kappa shape index (κ1) is 16.7. The van der Waals surface area contributed by atoms with E-state index in [9.17, 15) is 4.79 Å². The first-order valence-electron chi connectivity index (χ1n) is 6.28. The first-order valence-corrected chi connectivity index (χ1v) is 8.66. The summed E-state index contributed by atoms with van der Waals surface area (Å²) in [5, 5.41) is 3.35. The zero-order chi connectivity index (χ0) is 15.7. The maximum absolute atomic E-state index is 12.2. The topological polar surface area (TPSA) is 57.8 Å². The van der Waals surface area contributed by atoms with Gasteiger partial charge < -0.3 is 10.3 Å². The fourth-order valence-corrected chi connectivity index (χ4v) is 4.70. The molecule has 2 aromatic rings. The van der Waals surface area contributed by atoms with Crippen LogP contribution in [0.2, 0.25) is 0 Å². The second-order valence-electron chi connectivity index (χ2n) is 4.76. The Morgan fingerprint density at radius 2 is 1.76 bits per heavy atom. The fourth-order valence-electron chi connectivity index (χ4n) is 2.21. The molecule has 0 aliphatic rings. The van der Waals surface area contributed by atoms with E-state index < -0.39 is 0 Å². The molecule has 0 saturated carbocycles. The lowest BCUT2D eigenvalue weighted by molar-refractivity contribution is 0.812. The van der Waals surface area contributed by atoms with Gasteiger partial charge in [-0.3, -0.25) is 4.79 Å². The summed E-state index contributed by atoms with van der Waals surface area (Å²) < 4.78 is 2.78. The highest BCUT2D eigenvalue weighted by Crippen LogP contribution is 2.36. The third kappa shape index (κ3) is 3.76. The van der Waals surface area contributed by atoms with Crippen LogP contribution in [0.4, 0.5) is 5.69 Å². The van der Waals surface area contributed by atoms with Crippen LogP contribution >= 0.6 is 47.8 Å². The lowest BCUT2D eigenvalue weighted by Gasteiger charge is -2.19. The molecule has 0 radical (unpaired) electrons. The van der Waals surface area contributed by atoms with Crippen LogP contribution in [0.5, 0.6) is 0 Å². The zero-order valence-electron chi connectivity index (χ0n) is 11.7. The van der Waals surface area contributed by atoms with Gasteiger partial charge in [-0.2, -0.15) is 0 Å². The van der Waals surface area contributed by atoms with Gasteiger partial charge in [0.15, 0.2) is 0 Å². The summed E-state index contributed by atoms with van der Waals surface area (Å²) in [6.45, 7) is 5.56. The van der Waals surface area contributed by atoms with Crippen molar-refractivity contribution in [1.29, 1.82) is 0 Å². The third-order valence-electron chi connectivity index (χ3n) is 3.06. The maximum atomic E-state index is 12.2. The van der Waals surface area contributed by atoms with Gasteiger partial charge in [0.05, 0.1) is 23.0 Å². The van der Waals surface area contributed by atoms with Crippen molar-refractivity contribution in [2.45, 2.75) is 26.8 Å². The molecule has 1 aromatic carbocycles. The van der Waals surface area contributed by atoms with E-state index in [-0.39, 0.29) is 11.6 Å². The van der Waals surface area contributed by atoms with Crippen molar-refractivity contribution in [3.05, 3.63) is 53.0 Å². The molecule has 0 amide bonds. The monoisotopic (exact) mass is 477 g/mol. The Labute approximate surface area is 148 Å². The van der Waals surface area contributed by atoms with E-state index in [1.165, 1.54) is 0 Å². The lowest BCUT2D eigenvalue weighted by atomic mass is 10.1. The highest BCUT2D eigenvalue weighted by molar-refractivity contribution is 9.11. The number of benzene rings is 1. The van der Waals surface area contributed by atoms with Crippen LogP contribution in [-0.4, -0.2) is 9.97 Å². The van der Waals surface area contributed by atoms with Crippen LogP contribution in [-0.2, 0) is 0 Å². The molecule has 0 aliphatic heterocycles. The van der Waals surface area contributed by atoms with Crippen molar-refractivity contribution in [2.24, 2.45) is 0 Å². The standard InChI is InChI=1S/C14H14Br3N3O/c1-6-12(14(21)20-8(3)18-6)7(2)19-13-10(16)4-9(15)5-11(13)17/h4-5,7,19H,1-3H3,(H,18,20,21). The predicted octanol–water partition coefficient (Wildman–Crippen LogP) is 4.85. The van der Waals surface area contributed by atoms with Gasteiger partial charge in [0.25, 0.3) is 5.56 Å². The molecule has 1 atom stereocenters. The van der Waals surface area contributed by atoms with E-state index in [0.717, 1.165) is 24.8 Å². The summed E-state index contributed by atoms with van der Waals surface area (Å²) >= 11 is 10.5. The van der Waals surface area contributed by atoms with E-state index in [1.54, 1.807) is 6.92 Å². The molecule has 4 nitrogen and oxygen atoms in total. The first-order chi connectivity index (χ1) is 9.79. The smallest absolute Gasteiger partial charge is 0.256 e. The van der Waals surface area contributed by atoms with Crippen LogP contribution in [0.3, 0.4) is 0 Å². The number of nitrogens with zero attached hydrogens (tertiary/aromatic N) is 1. The summed E-state index contributed by atoms with van der Waals surface area (Å²) in [6.07, 6.45) is 0. The van der Waals surface area contributed by atoms with Crippen molar-refractivity contribution in [1.82, 2.24) is 9.97 Å². The molecule has 0 fully saturated rings. The number of hydrogen-bond donors (Lipinski definition) is 2. The van der Waals surface area contributed by atoms with Gasteiger partial charge in [0.2, 0.25) is 0 Å². The van der Waals surface area contributed by atoms with Gasteiger partial charge in [-0.1, -0.05) is 15.9 Å². The van der Waals surface area contributed by atoms with E-state index in [0.29, 0.717) is 11.4 Å². The quantitative estimate of drug-likeness (QED) is 0.661. The molecular formula is C14H14Br3N3O. The summed E-state index contributed by atoms with van der Waals surface area (Å²) in [7, 11) is 0. The van der Waals surface area contributed by atoms with Crippen molar-refractivity contribution < 1.29 is 0 Å². The van der Waals surface area contributed by atoms with Crippen LogP contribution in [0.1, 0.15) is 30.0 Å². The van der Waals surface area contributed by atoms with Gasteiger partial charge in [-0.15, -0.1) is 0 Å². The number of rotatable bonds is 3. The number of anilines is 1. The molecule has 1 aromatic heterocycles. The molecule has 2 rings (SSSR count). The molecule has 1 unspecified atom stereocenters. The number of aryl methyl sites for hydroxylation is 2. The minimum atomic E-state index is -0.171. The summed E-state index contributed by atoms with van der Waals surface area (Å²) in [5.74, 6) is 0.624. The summed E-state index contributed by atoms with van der Waals surface area (Å²) in [6, 6.07) is 3.73. The molecule has 0 spiro atoms. The number of aromatic nitrogens is 2. The Morgan fingerprint density at radius 1 is 1.19 bits per heavy atom. The highest BCUT2D eigenvalue weighted by Gasteiger charge is 2.17. The van der Waals surface area contributed by atoms with E-state index in [1.807, 2.05) is 26.0 Å². The van der Waals surface area contributed by atoms with Crippen molar-refractivity contribution >= 4 is 53.5 Å².